The zero-order chi connectivity index (χ0) is 16.5. The van der Waals surface area contributed by atoms with Gasteiger partial charge in [0.25, 0.3) is 0 Å². The molecule has 5 heteroatoms. The lowest BCUT2D eigenvalue weighted by molar-refractivity contribution is -0.159. The van der Waals surface area contributed by atoms with Gasteiger partial charge in [0.15, 0.2) is 5.96 Å². The molecule has 5 nitrogen and oxygen atoms in total. The number of nitrogens with one attached hydrogen (secondary N) is 1. The number of aliphatic imine (C=N–C) groups is 1. The van der Waals surface area contributed by atoms with Gasteiger partial charge in [-0.3, -0.25) is 9.79 Å². The van der Waals surface area contributed by atoms with Crippen LogP contribution in [0, 0.1) is 17.3 Å². The highest BCUT2D eigenvalue weighted by atomic mass is 16.6. The third kappa shape index (κ3) is 4.37. The second-order valence-corrected chi connectivity index (χ2v) is 8.28. The van der Waals surface area contributed by atoms with Crippen molar-refractivity contribution in [2.45, 2.75) is 53.1 Å². The Balaban J connectivity index is 1.82. The van der Waals surface area contributed by atoms with E-state index < -0.39 is 5.60 Å². The van der Waals surface area contributed by atoms with Crippen LogP contribution in [-0.4, -0.2) is 49.1 Å². The van der Waals surface area contributed by atoms with Gasteiger partial charge >= 0.3 is 5.97 Å². The van der Waals surface area contributed by atoms with E-state index in [0.29, 0.717) is 12.0 Å². The van der Waals surface area contributed by atoms with E-state index in [1.807, 2.05) is 20.8 Å². The maximum atomic E-state index is 12.2. The smallest absolute Gasteiger partial charge is 0.311 e. The summed E-state index contributed by atoms with van der Waals surface area (Å²) in [4.78, 5) is 18.7. The summed E-state index contributed by atoms with van der Waals surface area (Å²) >= 11 is 0. The van der Waals surface area contributed by atoms with E-state index in [0.717, 1.165) is 31.4 Å². The fourth-order valence-corrected chi connectivity index (χ4v) is 3.00. The van der Waals surface area contributed by atoms with Gasteiger partial charge in [0.2, 0.25) is 0 Å². The molecule has 1 aliphatic carbocycles. The molecule has 126 valence electrons. The molecule has 1 N–H and O–H groups in total. The lowest BCUT2D eigenvalue weighted by atomic mass is 10.1. The largest absolute Gasteiger partial charge is 0.460 e. The SMILES string of the molecule is CN=C(NCC1CC1(C)C)N1CCC(C(=O)OC(C)(C)C)C1. The van der Waals surface area contributed by atoms with Gasteiger partial charge in [-0.25, -0.2) is 0 Å². The Morgan fingerprint density at radius 1 is 1.41 bits per heavy atom. The standard InChI is InChI=1S/C17H31N3O2/c1-16(2,3)22-14(21)12-7-8-20(11-12)15(18-6)19-10-13-9-17(13,4)5/h12-13H,7-11H2,1-6H3,(H,18,19). The van der Waals surface area contributed by atoms with E-state index in [2.05, 4.69) is 29.1 Å². The fourth-order valence-electron chi connectivity index (χ4n) is 3.00. The van der Waals surface area contributed by atoms with Crippen molar-refractivity contribution in [2.75, 3.05) is 26.7 Å². The molecule has 0 spiro atoms. The van der Waals surface area contributed by atoms with Crippen LogP contribution in [0.15, 0.2) is 4.99 Å². The summed E-state index contributed by atoms with van der Waals surface area (Å²) in [7, 11) is 1.81. The van der Waals surface area contributed by atoms with Crippen LogP contribution in [-0.2, 0) is 9.53 Å². The first-order valence-electron chi connectivity index (χ1n) is 8.31. The summed E-state index contributed by atoms with van der Waals surface area (Å²) in [6.07, 6.45) is 2.11. The van der Waals surface area contributed by atoms with Crippen molar-refractivity contribution in [3.05, 3.63) is 0 Å². The topological polar surface area (TPSA) is 53.9 Å². The molecule has 2 atom stereocenters. The molecule has 1 saturated carbocycles. The molecule has 2 aliphatic rings. The summed E-state index contributed by atoms with van der Waals surface area (Å²) in [5, 5.41) is 3.46. The maximum absolute atomic E-state index is 12.2. The van der Waals surface area contributed by atoms with Gasteiger partial charge in [-0.15, -0.1) is 0 Å². The minimum absolute atomic E-state index is 0.0462. The molecule has 1 heterocycles. The van der Waals surface area contributed by atoms with Crippen molar-refractivity contribution in [3.63, 3.8) is 0 Å². The predicted molar refractivity (Wildman–Crippen MR) is 88.8 cm³/mol. The van der Waals surface area contributed by atoms with Crippen molar-refractivity contribution < 1.29 is 9.53 Å². The second kappa shape index (κ2) is 6.09. The Kier molecular flexibility index (Phi) is 4.73. The van der Waals surface area contributed by atoms with Crippen molar-refractivity contribution in [2.24, 2.45) is 22.2 Å². The summed E-state index contributed by atoms with van der Waals surface area (Å²) in [6.45, 7) is 12.9. The van der Waals surface area contributed by atoms with Gasteiger partial charge in [0, 0.05) is 26.7 Å². The third-order valence-electron chi connectivity index (χ3n) is 4.66. The number of hydrogen-bond donors (Lipinski definition) is 1. The maximum Gasteiger partial charge on any atom is 0.311 e. The van der Waals surface area contributed by atoms with Crippen molar-refractivity contribution in [1.82, 2.24) is 10.2 Å². The van der Waals surface area contributed by atoms with Crippen molar-refractivity contribution >= 4 is 11.9 Å². The average molecular weight is 309 g/mol. The van der Waals surface area contributed by atoms with Crippen LogP contribution in [0.4, 0.5) is 0 Å². The van der Waals surface area contributed by atoms with Gasteiger partial charge in [0.1, 0.15) is 5.60 Å². The first-order valence-corrected chi connectivity index (χ1v) is 8.31. The lowest BCUT2D eigenvalue weighted by Gasteiger charge is -2.23. The molecule has 1 aliphatic heterocycles. The van der Waals surface area contributed by atoms with Gasteiger partial charge in [-0.1, -0.05) is 13.8 Å². The average Bonchev–Trinajstić information content (AvgIpc) is 2.81. The molecule has 0 bridgehead atoms. The van der Waals surface area contributed by atoms with Crippen LogP contribution in [0.2, 0.25) is 0 Å². The Hall–Kier alpha value is -1.26. The number of carbonyl (C=O) groups excluding carboxylic acids is 1. The number of likely N-dealkylation sites (tertiary alicyclic amines) is 1. The summed E-state index contributed by atoms with van der Waals surface area (Å²) < 4.78 is 5.49. The highest BCUT2D eigenvalue weighted by Gasteiger charge is 2.45. The summed E-state index contributed by atoms with van der Waals surface area (Å²) in [6, 6.07) is 0. The zero-order valence-electron chi connectivity index (χ0n) is 14.9. The number of carbonyl (C=O) groups is 1. The fraction of sp³-hybridized carbons (Fsp3) is 0.882. The number of guanidine groups is 1. The first-order chi connectivity index (χ1) is 10.1. The number of esters is 1. The molecule has 0 radical (unpaired) electrons. The van der Waals surface area contributed by atoms with Crippen LogP contribution >= 0.6 is 0 Å². The second-order valence-electron chi connectivity index (χ2n) is 8.28. The van der Waals surface area contributed by atoms with E-state index in [-0.39, 0.29) is 11.9 Å². The lowest BCUT2D eigenvalue weighted by Crippen LogP contribution is -2.41. The molecule has 0 amide bonds. The molecule has 2 unspecified atom stereocenters. The number of ether oxygens (including phenoxy) is 1. The molecule has 22 heavy (non-hydrogen) atoms. The van der Waals surface area contributed by atoms with Crippen molar-refractivity contribution in [1.29, 1.82) is 0 Å². The molecule has 0 aromatic carbocycles. The van der Waals surface area contributed by atoms with E-state index in [9.17, 15) is 4.79 Å². The molecule has 0 aromatic heterocycles. The van der Waals surface area contributed by atoms with Crippen LogP contribution in [0.5, 0.6) is 0 Å². The monoisotopic (exact) mass is 309 g/mol. The number of nitrogens with zero attached hydrogens (tertiary/aromatic N) is 2. The minimum atomic E-state index is -0.415. The molecule has 2 rings (SSSR count). The molecular weight excluding hydrogens is 278 g/mol. The van der Waals surface area contributed by atoms with Gasteiger partial charge in [-0.2, -0.15) is 0 Å². The summed E-state index contributed by atoms with van der Waals surface area (Å²) in [5.74, 6) is 1.51. The molecular formula is C17H31N3O2. The van der Waals surface area contributed by atoms with Gasteiger partial charge in [0.05, 0.1) is 5.92 Å². The van der Waals surface area contributed by atoms with Crippen molar-refractivity contribution in [3.8, 4) is 0 Å². The quantitative estimate of drug-likeness (QED) is 0.494. The molecule has 0 aromatic rings. The van der Waals surface area contributed by atoms with E-state index in [1.54, 1.807) is 7.05 Å². The predicted octanol–water partition coefficient (Wildman–Crippen LogP) is 2.27. The van der Waals surface area contributed by atoms with E-state index in [1.165, 1.54) is 6.42 Å². The van der Waals surface area contributed by atoms with Crippen LogP contribution in [0.3, 0.4) is 0 Å². The van der Waals surface area contributed by atoms with Gasteiger partial charge < -0.3 is 15.0 Å². The van der Waals surface area contributed by atoms with E-state index in [4.69, 9.17) is 4.74 Å². The summed E-state index contributed by atoms with van der Waals surface area (Å²) in [5.41, 5.74) is 0.0535. The highest BCUT2D eigenvalue weighted by molar-refractivity contribution is 5.82. The number of rotatable bonds is 3. The highest BCUT2D eigenvalue weighted by Crippen LogP contribution is 2.50. The van der Waals surface area contributed by atoms with Crippen LogP contribution in [0.25, 0.3) is 0 Å². The molecule has 1 saturated heterocycles. The minimum Gasteiger partial charge on any atom is -0.460 e. The molecule has 2 fully saturated rings. The Bertz CT molecular complexity index is 451. The third-order valence-corrected chi connectivity index (χ3v) is 4.66. The Morgan fingerprint density at radius 2 is 2.05 bits per heavy atom. The normalized spacial score (nSPS) is 27.7. The van der Waals surface area contributed by atoms with Gasteiger partial charge in [-0.05, 0) is 44.9 Å². The zero-order valence-corrected chi connectivity index (χ0v) is 14.9. The Morgan fingerprint density at radius 3 is 2.55 bits per heavy atom. The van der Waals surface area contributed by atoms with E-state index >= 15 is 0 Å². The first kappa shape index (κ1) is 17.1. The van der Waals surface area contributed by atoms with Crippen LogP contribution in [0.1, 0.15) is 47.5 Å². The number of hydrogen-bond acceptors (Lipinski definition) is 3. The van der Waals surface area contributed by atoms with Crippen LogP contribution < -0.4 is 5.32 Å². The Labute approximate surface area is 134 Å².